The third kappa shape index (κ3) is 4.72. The van der Waals surface area contributed by atoms with Gasteiger partial charge in [-0.1, -0.05) is 12.1 Å². The third-order valence-electron chi connectivity index (χ3n) is 4.90. The number of piperidine rings is 1. The van der Waals surface area contributed by atoms with Crippen molar-refractivity contribution in [3.05, 3.63) is 35.4 Å². The number of benzene rings is 1. The van der Waals surface area contributed by atoms with E-state index in [2.05, 4.69) is 4.90 Å². The number of anilines is 1. The van der Waals surface area contributed by atoms with Crippen LogP contribution in [0.2, 0.25) is 0 Å². The number of ether oxygens (including phenoxy) is 4. The van der Waals surface area contributed by atoms with Gasteiger partial charge in [-0.15, -0.1) is 0 Å². The molecular weight excluding hydrogens is 362 g/mol. The second kappa shape index (κ2) is 9.21. The zero-order chi connectivity index (χ0) is 20.0. The van der Waals surface area contributed by atoms with Gasteiger partial charge in [0.1, 0.15) is 5.57 Å². The van der Waals surface area contributed by atoms with Gasteiger partial charge >= 0.3 is 11.9 Å². The minimum absolute atomic E-state index is 0.105. The molecule has 0 N–H and O–H groups in total. The molecule has 28 heavy (non-hydrogen) atoms. The maximum absolute atomic E-state index is 12.1. The number of esters is 2. The summed E-state index contributed by atoms with van der Waals surface area (Å²) >= 11 is 0. The molecule has 0 radical (unpaired) electrons. The Morgan fingerprint density at radius 1 is 1.00 bits per heavy atom. The first-order valence-corrected chi connectivity index (χ1v) is 9.76. The van der Waals surface area contributed by atoms with Crippen LogP contribution in [0, 0.1) is 0 Å². The quantitative estimate of drug-likeness (QED) is 0.320. The van der Waals surface area contributed by atoms with Crippen molar-refractivity contribution in [2.24, 2.45) is 0 Å². The van der Waals surface area contributed by atoms with Gasteiger partial charge in [-0.05, 0) is 37.6 Å². The first-order chi connectivity index (χ1) is 13.6. The number of rotatable bonds is 6. The Balaban J connectivity index is 1.69. The topological polar surface area (TPSA) is 74.3 Å². The highest BCUT2D eigenvalue weighted by atomic mass is 16.7. The minimum Gasteiger partial charge on any atom is -0.462 e. The molecule has 1 aromatic carbocycles. The molecule has 0 aromatic heterocycles. The molecule has 2 heterocycles. The highest BCUT2D eigenvalue weighted by Gasteiger charge is 2.39. The van der Waals surface area contributed by atoms with Crippen LogP contribution in [0.15, 0.2) is 29.8 Å². The summed E-state index contributed by atoms with van der Waals surface area (Å²) in [5, 5.41) is 0. The molecule has 2 saturated heterocycles. The van der Waals surface area contributed by atoms with Crippen LogP contribution >= 0.6 is 0 Å². The van der Waals surface area contributed by atoms with Gasteiger partial charge in [-0.2, -0.15) is 0 Å². The molecule has 0 aliphatic carbocycles. The van der Waals surface area contributed by atoms with Crippen molar-refractivity contribution in [2.45, 2.75) is 32.5 Å². The van der Waals surface area contributed by atoms with Crippen LogP contribution in [0.25, 0.3) is 6.08 Å². The van der Waals surface area contributed by atoms with E-state index < -0.39 is 17.7 Å². The first kappa shape index (κ1) is 20.4. The van der Waals surface area contributed by atoms with Crippen molar-refractivity contribution in [1.29, 1.82) is 0 Å². The molecular formula is C21H27NO6. The lowest BCUT2D eigenvalue weighted by Crippen LogP contribution is -2.45. The van der Waals surface area contributed by atoms with Crippen LogP contribution in [0.5, 0.6) is 0 Å². The number of hydrogen-bond acceptors (Lipinski definition) is 7. The van der Waals surface area contributed by atoms with Crippen molar-refractivity contribution in [1.82, 2.24) is 0 Å². The Hall–Kier alpha value is -2.38. The Bertz CT molecular complexity index is 691. The van der Waals surface area contributed by atoms with E-state index in [-0.39, 0.29) is 18.8 Å². The number of hydrogen-bond donors (Lipinski definition) is 0. The van der Waals surface area contributed by atoms with Gasteiger partial charge in [0.15, 0.2) is 5.79 Å². The monoisotopic (exact) mass is 389 g/mol. The molecule has 152 valence electrons. The maximum Gasteiger partial charge on any atom is 0.345 e. The first-order valence-electron chi connectivity index (χ1n) is 9.76. The van der Waals surface area contributed by atoms with E-state index in [0.29, 0.717) is 13.2 Å². The summed E-state index contributed by atoms with van der Waals surface area (Å²) in [6.45, 7) is 6.82. The van der Waals surface area contributed by atoms with Crippen LogP contribution in [-0.2, 0) is 28.5 Å². The van der Waals surface area contributed by atoms with Gasteiger partial charge in [-0.3, -0.25) is 0 Å². The third-order valence-corrected chi connectivity index (χ3v) is 4.90. The molecule has 7 heteroatoms. The average Bonchev–Trinajstić information content (AvgIpc) is 3.15. The highest BCUT2D eigenvalue weighted by Crippen LogP contribution is 2.33. The fourth-order valence-electron chi connectivity index (χ4n) is 3.46. The SMILES string of the molecule is CCOC(=O)C(=Cc1ccc(N2CCC3(CC2)OCCO3)cc1)C(=O)OCC. The lowest BCUT2D eigenvalue weighted by molar-refractivity contribution is -0.169. The summed E-state index contributed by atoms with van der Waals surface area (Å²) in [4.78, 5) is 26.4. The Labute approximate surface area is 165 Å². The average molecular weight is 389 g/mol. The Morgan fingerprint density at radius 2 is 1.54 bits per heavy atom. The van der Waals surface area contributed by atoms with Gasteiger partial charge in [0.2, 0.25) is 0 Å². The predicted octanol–water partition coefficient (Wildman–Crippen LogP) is 2.54. The smallest absolute Gasteiger partial charge is 0.345 e. The summed E-state index contributed by atoms with van der Waals surface area (Å²) < 4.78 is 21.5. The number of carbonyl (C=O) groups excluding carboxylic acids is 2. The van der Waals surface area contributed by atoms with E-state index in [0.717, 1.165) is 37.2 Å². The van der Waals surface area contributed by atoms with Gasteiger partial charge in [0.25, 0.3) is 0 Å². The Kier molecular flexibility index (Phi) is 6.70. The fraction of sp³-hybridized carbons (Fsp3) is 0.524. The van der Waals surface area contributed by atoms with Gasteiger partial charge in [0, 0.05) is 31.6 Å². The fourth-order valence-corrected chi connectivity index (χ4v) is 3.46. The van der Waals surface area contributed by atoms with Crippen molar-refractivity contribution < 1.29 is 28.5 Å². The van der Waals surface area contributed by atoms with Crippen LogP contribution in [0.3, 0.4) is 0 Å². The molecule has 7 nitrogen and oxygen atoms in total. The summed E-state index contributed by atoms with van der Waals surface area (Å²) in [5.41, 5.74) is 1.71. The van der Waals surface area contributed by atoms with Crippen molar-refractivity contribution in [3.63, 3.8) is 0 Å². The molecule has 1 aromatic rings. The molecule has 0 saturated carbocycles. The summed E-state index contributed by atoms with van der Waals surface area (Å²) in [7, 11) is 0. The van der Waals surface area contributed by atoms with Crippen LogP contribution in [0.4, 0.5) is 5.69 Å². The van der Waals surface area contributed by atoms with Gasteiger partial charge < -0.3 is 23.8 Å². The maximum atomic E-state index is 12.1. The van der Waals surface area contributed by atoms with E-state index in [4.69, 9.17) is 18.9 Å². The molecule has 0 bridgehead atoms. The van der Waals surface area contributed by atoms with Crippen LogP contribution in [0.1, 0.15) is 32.3 Å². The van der Waals surface area contributed by atoms with E-state index in [1.807, 2.05) is 24.3 Å². The van der Waals surface area contributed by atoms with Crippen molar-refractivity contribution in [2.75, 3.05) is 44.4 Å². The predicted molar refractivity (Wildman–Crippen MR) is 104 cm³/mol. The lowest BCUT2D eigenvalue weighted by Gasteiger charge is -2.38. The molecule has 2 aliphatic rings. The molecule has 2 fully saturated rings. The molecule has 3 rings (SSSR count). The van der Waals surface area contributed by atoms with Gasteiger partial charge in [-0.25, -0.2) is 9.59 Å². The summed E-state index contributed by atoms with van der Waals surface area (Å²) in [6, 6.07) is 7.71. The molecule has 2 aliphatic heterocycles. The molecule has 0 atom stereocenters. The summed E-state index contributed by atoms with van der Waals surface area (Å²) in [5.74, 6) is -1.75. The van der Waals surface area contributed by atoms with E-state index >= 15 is 0 Å². The molecule has 0 unspecified atom stereocenters. The van der Waals surface area contributed by atoms with Crippen LogP contribution in [-0.4, -0.2) is 57.2 Å². The standard InChI is InChI=1S/C21H27NO6/c1-3-25-19(23)18(20(24)26-4-2)15-16-5-7-17(8-6-16)22-11-9-21(10-12-22)27-13-14-28-21/h5-8,15H,3-4,9-14H2,1-2H3. The zero-order valence-electron chi connectivity index (χ0n) is 16.4. The van der Waals surface area contributed by atoms with E-state index in [9.17, 15) is 9.59 Å². The van der Waals surface area contributed by atoms with Crippen molar-refractivity contribution in [3.8, 4) is 0 Å². The Morgan fingerprint density at radius 3 is 2.04 bits per heavy atom. The number of carbonyl (C=O) groups is 2. The molecule has 1 spiro atoms. The second-order valence-electron chi connectivity index (χ2n) is 6.69. The minimum atomic E-state index is -0.678. The second-order valence-corrected chi connectivity index (χ2v) is 6.69. The molecule has 0 amide bonds. The number of nitrogens with zero attached hydrogens (tertiary/aromatic N) is 1. The highest BCUT2D eigenvalue weighted by molar-refractivity contribution is 6.17. The normalized spacial score (nSPS) is 18.0. The van der Waals surface area contributed by atoms with E-state index in [1.165, 1.54) is 6.08 Å². The largest absolute Gasteiger partial charge is 0.462 e. The summed E-state index contributed by atoms with van der Waals surface area (Å²) in [6.07, 6.45) is 3.18. The van der Waals surface area contributed by atoms with Crippen molar-refractivity contribution >= 4 is 23.7 Å². The van der Waals surface area contributed by atoms with Crippen LogP contribution < -0.4 is 4.90 Å². The zero-order valence-corrected chi connectivity index (χ0v) is 16.4. The van der Waals surface area contributed by atoms with E-state index in [1.54, 1.807) is 13.8 Å². The lowest BCUT2D eigenvalue weighted by atomic mass is 10.0. The van der Waals surface area contributed by atoms with Gasteiger partial charge in [0.05, 0.1) is 26.4 Å².